The first-order chi connectivity index (χ1) is 9.67. The van der Waals surface area contributed by atoms with E-state index in [0.717, 1.165) is 16.5 Å². The van der Waals surface area contributed by atoms with E-state index in [9.17, 15) is 10.1 Å². The van der Waals surface area contributed by atoms with Gasteiger partial charge in [-0.3, -0.25) is 0 Å². The molecule has 0 atom stereocenters. The predicted molar refractivity (Wildman–Crippen MR) is 78.9 cm³/mol. The summed E-state index contributed by atoms with van der Waals surface area (Å²) in [7, 11) is 0. The molecule has 0 aliphatic carbocycles. The van der Waals surface area contributed by atoms with Gasteiger partial charge in [-0.1, -0.05) is 0 Å². The number of benzene rings is 2. The average molecular weight is 332 g/mol. The number of non-ortho nitro benzene ring substituents is 1. The Labute approximate surface area is 121 Å². The van der Waals surface area contributed by atoms with Gasteiger partial charge in [0.25, 0.3) is 0 Å². The van der Waals surface area contributed by atoms with Crippen LogP contribution in [0.1, 0.15) is 5.56 Å². The van der Waals surface area contributed by atoms with Crippen LogP contribution in [0.2, 0.25) is 0 Å². The van der Waals surface area contributed by atoms with Gasteiger partial charge in [-0.2, -0.15) is 0 Å². The number of aliphatic hydroxyl groups is 1. The first-order valence-electron chi connectivity index (χ1n) is 6.05. The van der Waals surface area contributed by atoms with Crippen LogP contribution in [0.25, 0.3) is 19.6 Å². The Hall–Kier alpha value is -1.94. The summed E-state index contributed by atoms with van der Waals surface area (Å²) in [5.41, 5.74) is 2.04. The minimum atomic E-state index is -0.389. The van der Waals surface area contributed by atoms with Crippen LogP contribution in [0.4, 0.5) is 5.69 Å². The molecule has 1 aromatic heterocycles. The summed E-state index contributed by atoms with van der Waals surface area (Å²) in [6, 6.07) is 14.8. The van der Waals surface area contributed by atoms with Gasteiger partial charge in [0, 0.05) is 0 Å². The van der Waals surface area contributed by atoms with Gasteiger partial charge in [-0.15, -0.1) is 0 Å². The van der Waals surface area contributed by atoms with Crippen LogP contribution in [0, 0.1) is 10.1 Å². The second kappa shape index (κ2) is 5.21. The van der Waals surface area contributed by atoms with Crippen molar-refractivity contribution in [2.24, 2.45) is 0 Å². The topological polar surface area (TPSA) is 63.4 Å². The number of nitrogens with zero attached hydrogens (tertiary/aromatic N) is 1. The van der Waals surface area contributed by atoms with Crippen molar-refractivity contribution >= 4 is 29.8 Å². The molecule has 0 aliphatic heterocycles. The molecule has 5 heteroatoms. The van der Waals surface area contributed by atoms with Crippen molar-refractivity contribution in [3.05, 3.63) is 64.2 Å². The molecule has 0 amide bonds. The molecular weight excluding hydrogens is 321 g/mol. The van der Waals surface area contributed by atoms with E-state index in [1.54, 1.807) is 12.1 Å². The summed E-state index contributed by atoms with van der Waals surface area (Å²) in [5, 5.41) is 21.0. The fourth-order valence-electron chi connectivity index (χ4n) is 2.08. The molecule has 20 heavy (non-hydrogen) atoms. The van der Waals surface area contributed by atoms with Gasteiger partial charge in [-0.25, -0.2) is 0 Å². The van der Waals surface area contributed by atoms with Crippen LogP contribution in [0.5, 0.6) is 0 Å². The quantitative estimate of drug-likeness (QED) is 0.456. The van der Waals surface area contributed by atoms with E-state index < -0.39 is 0 Å². The zero-order valence-electron chi connectivity index (χ0n) is 10.4. The molecule has 0 fully saturated rings. The van der Waals surface area contributed by atoms with Crippen molar-refractivity contribution in [3.8, 4) is 10.0 Å². The van der Waals surface area contributed by atoms with Crippen molar-refractivity contribution in [2.75, 3.05) is 0 Å². The Kier molecular flexibility index (Phi) is 3.40. The number of fused-ring (bicyclic) bond motifs is 1. The third-order valence-electron chi connectivity index (χ3n) is 3.13. The summed E-state index contributed by atoms with van der Waals surface area (Å²) < 4.78 is 2.49. The molecule has 0 saturated carbocycles. The summed E-state index contributed by atoms with van der Waals surface area (Å²) in [6.45, 7) is 0.0426. The van der Waals surface area contributed by atoms with E-state index in [4.69, 9.17) is 5.11 Å². The second-order valence-electron chi connectivity index (χ2n) is 4.44. The van der Waals surface area contributed by atoms with Crippen LogP contribution >= 0.6 is 0 Å². The summed E-state index contributed by atoms with van der Waals surface area (Å²) >= 11 is 0.208. The van der Waals surface area contributed by atoms with E-state index in [2.05, 4.69) is 12.1 Å². The van der Waals surface area contributed by atoms with Gasteiger partial charge >= 0.3 is 121 Å². The molecule has 4 nitrogen and oxygen atoms in total. The third kappa shape index (κ3) is 2.39. The maximum absolute atomic E-state index is 10.7. The molecule has 1 heterocycles. The first kappa shape index (κ1) is 13.1. The van der Waals surface area contributed by atoms with Gasteiger partial charge < -0.3 is 0 Å². The Morgan fingerprint density at radius 2 is 1.85 bits per heavy atom. The summed E-state index contributed by atoms with van der Waals surface area (Å²) in [5.74, 6) is 0. The van der Waals surface area contributed by atoms with Crippen molar-refractivity contribution in [1.29, 1.82) is 0 Å². The van der Waals surface area contributed by atoms with Crippen molar-refractivity contribution < 1.29 is 10.0 Å². The fourth-order valence-corrected chi connectivity index (χ4v) is 4.28. The number of nitro groups is 1. The van der Waals surface area contributed by atoms with E-state index in [1.807, 2.05) is 12.1 Å². The molecule has 0 bridgehead atoms. The third-order valence-corrected chi connectivity index (χ3v) is 5.57. The van der Waals surface area contributed by atoms with E-state index in [1.165, 1.54) is 20.8 Å². The molecule has 2 aromatic carbocycles. The summed E-state index contributed by atoms with van der Waals surface area (Å²) in [4.78, 5) is 10.3. The first-order valence-corrected chi connectivity index (χ1v) is 7.77. The molecule has 0 unspecified atom stereocenters. The number of aliphatic hydroxyl groups excluding tert-OH is 1. The van der Waals surface area contributed by atoms with Crippen LogP contribution < -0.4 is 0 Å². The molecule has 0 aliphatic rings. The number of nitro benzene ring substituents is 1. The van der Waals surface area contributed by atoms with Crippen LogP contribution in [0.3, 0.4) is 0 Å². The molecule has 1 N–H and O–H groups in total. The molecule has 3 rings (SSSR count). The van der Waals surface area contributed by atoms with Gasteiger partial charge in [0.1, 0.15) is 0 Å². The molecule has 100 valence electrons. The Balaban J connectivity index is 2.03. The Bertz CT molecular complexity index is 777. The second-order valence-corrected chi connectivity index (χ2v) is 6.72. The summed E-state index contributed by atoms with van der Waals surface area (Å²) in [6.07, 6.45) is 0. The van der Waals surface area contributed by atoms with Gasteiger partial charge in [0.05, 0.1) is 0 Å². The van der Waals surface area contributed by atoms with Crippen molar-refractivity contribution in [1.82, 2.24) is 0 Å². The molecular formula is C15H11NO3Se. The average Bonchev–Trinajstić information content (AvgIpc) is 2.90. The minimum absolute atomic E-state index is 0.0426. The number of rotatable bonds is 3. The van der Waals surface area contributed by atoms with Crippen LogP contribution in [0.15, 0.2) is 48.5 Å². The molecule has 0 saturated heterocycles. The molecule has 0 spiro atoms. The van der Waals surface area contributed by atoms with Crippen LogP contribution in [-0.4, -0.2) is 24.5 Å². The fraction of sp³-hybridized carbons (Fsp3) is 0.0667. The molecule has 3 aromatic rings. The standard InChI is InChI=1S/C15H11NO3Se/c17-9-10-1-6-14-12(7-10)8-15(20-14)11-2-4-13(5-3-11)16(18)19/h1-8,17H,9H2. The monoisotopic (exact) mass is 333 g/mol. The Morgan fingerprint density at radius 3 is 2.50 bits per heavy atom. The maximum atomic E-state index is 10.7. The van der Waals surface area contributed by atoms with E-state index in [0.29, 0.717) is 0 Å². The van der Waals surface area contributed by atoms with Crippen LogP contribution in [-0.2, 0) is 6.61 Å². The van der Waals surface area contributed by atoms with Crippen molar-refractivity contribution in [2.45, 2.75) is 6.61 Å². The van der Waals surface area contributed by atoms with E-state index >= 15 is 0 Å². The zero-order valence-corrected chi connectivity index (χ0v) is 12.2. The zero-order chi connectivity index (χ0) is 14.1. The number of hydrogen-bond donors (Lipinski definition) is 1. The normalized spacial score (nSPS) is 10.8. The Morgan fingerprint density at radius 1 is 1.10 bits per heavy atom. The van der Waals surface area contributed by atoms with E-state index in [-0.39, 0.29) is 31.7 Å². The number of hydrogen-bond acceptors (Lipinski definition) is 3. The van der Waals surface area contributed by atoms with Gasteiger partial charge in [0.15, 0.2) is 0 Å². The predicted octanol–water partition coefficient (Wildman–Crippen LogP) is 2.96. The van der Waals surface area contributed by atoms with Crippen molar-refractivity contribution in [3.63, 3.8) is 0 Å². The van der Waals surface area contributed by atoms with Gasteiger partial charge in [0.2, 0.25) is 0 Å². The van der Waals surface area contributed by atoms with Gasteiger partial charge in [-0.05, 0) is 0 Å². The SMILES string of the molecule is O=[N+]([O-])c1ccc(-c2cc3cc(CO)ccc3[se]2)cc1. The molecule has 0 radical (unpaired) electrons.